The molecule has 1 saturated heterocycles. The highest BCUT2D eigenvalue weighted by Gasteiger charge is 2.37. The Bertz CT molecular complexity index is 1180. The second-order valence-corrected chi connectivity index (χ2v) is 8.16. The van der Waals surface area contributed by atoms with Crippen molar-refractivity contribution in [1.82, 2.24) is 19.6 Å². The van der Waals surface area contributed by atoms with Crippen molar-refractivity contribution in [2.24, 2.45) is 0 Å². The Morgan fingerprint density at radius 2 is 1.85 bits per heavy atom. The average molecular weight is 464 g/mol. The minimum atomic E-state index is -4.68. The quantitative estimate of drug-likeness (QED) is 0.565. The molecule has 1 aromatic carbocycles. The summed E-state index contributed by atoms with van der Waals surface area (Å²) in [5, 5.41) is 6.32. The molecular weight excluding hydrogens is 440 g/mol. The fourth-order valence-electron chi connectivity index (χ4n) is 4.16. The second kappa shape index (κ2) is 8.95. The van der Waals surface area contributed by atoms with Gasteiger partial charge in [0, 0.05) is 30.9 Å². The van der Waals surface area contributed by atoms with Crippen LogP contribution in [0, 0.1) is 19.7 Å². The summed E-state index contributed by atoms with van der Waals surface area (Å²) in [4.78, 5) is 22.4. The molecule has 1 fully saturated rings. The van der Waals surface area contributed by atoms with E-state index in [9.17, 15) is 22.4 Å². The maximum atomic E-state index is 13.9. The van der Waals surface area contributed by atoms with Gasteiger partial charge in [-0.05, 0) is 63.3 Å². The number of amides is 1. The van der Waals surface area contributed by atoms with Gasteiger partial charge in [-0.1, -0.05) is 0 Å². The summed E-state index contributed by atoms with van der Waals surface area (Å²) in [6.07, 6.45) is -1.17. The van der Waals surface area contributed by atoms with Crippen LogP contribution in [0.25, 0.3) is 5.78 Å². The maximum Gasteiger partial charge on any atom is 0.453 e. The van der Waals surface area contributed by atoms with Crippen molar-refractivity contribution in [2.75, 3.05) is 23.3 Å². The number of nitrogens with one attached hydrogen (secondary N) is 1. The molecule has 0 unspecified atom stereocenters. The number of nitrogens with zero attached hydrogens (tertiary/aromatic N) is 5. The van der Waals surface area contributed by atoms with Crippen molar-refractivity contribution in [1.29, 1.82) is 0 Å². The Kier molecular flexibility index (Phi) is 6.22. The molecule has 0 bridgehead atoms. The molecule has 0 aliphatic carbocycles. The normalized spacial score (nSPS) is 14.7. The van der Waals surface area contributed by atoms with Crippen LogP contribution < -0.4 is 10.2 Å². The molecule has 0 radical (unpaired) electrons. The van der Waals surface area contributed by atoms with Crippen LogP contribution >= 0.6 is 0 Å². The molecule has 4 rings (SSSR count). The zero-order valence-electron chi connectivity index (χ0n) is 18.3. The number of piperidine rings is 1. The van der Waals surface area contributed by atoms with Crippen molar-refractivity contribution < 1.29 is 22.4 Å². The summed E-state index contributed by atoms with van der Waals surface area (Å²) < 4.78 is 53.8. The summed E-state index contributed by atoms with van der Waals surface area (Å²) in [6, 6.07) is 4.35. The molecule has 1 aliphatic rings. The van der Waals surface area contributed by atoms with Crippen LogP contribution in [0.4, 0.5) is 28.9 Å². The SMILES string of the molecule is Cc1nc2nc(C(F)(F)F)nn2c(C)c1CCC(=O)Nc1cc(F)ccc1N1CCCCC1. The highest BCUT2D eigenvalue weighted by molar-refractivity contribution is 5.94. The standard InChI is InChI=1S/C22H24F4N6O/c1-13-16(14(2)32-21(27-13)29-20(30-32)22(24,25)26)7-9-19(33)28-17-12-15(23)6-8-18(17)31-10-4-3-5-11-31/h6,8,12H,3-5,7,9-11H2,1-2H3,(H,28,33). The molecule has 1 N–H and O–H groups in total. The predicted molar refractivity (Wildman–Crippen MR) is 115 cm³/mol. The molecule has 33 heavy (non-hydrogen) atoms. The lowest BCUT2D eigenvalue weighted by Gasteiger charge is -2.30. The second-order valence-electron chi connectivity index (χ2n) is 8.16. The van der Waals surface area contributed by atoms with Gasteiger partial charge in [-0.3, -0.25) is 4.79 Å². The van der Waals surface area contributed by atoms with E-state index in [0.717, 1.165) is 42.6 Å². The lowest BCUT2D eigenvalue weighted by Crippen LogP contribution is -2.30. The van der Waals surface area contributed by atoms with E-state index in [0.29, 0.717) is 22.6 Å². The molecule has 3 aromatic rings. The number of hydrogen-bond acceptors (Lipinski definition) is 5. The smallest absolute Gasteiger partial charge is 0.370 e. The molecule has 1 aliphatic heterocycles. The molecule has 0 atom stereocenters. The van der Waals surface area contributed by atoms with Crippen molar-refractivity contribution in [2.45, 2.75) is 52.1 Å². The van der Waals surface area contributed by atoms with E-state index in [1.807, 2.05) is 0 Å². The number of carbonyl (C=O) groups is 1. The molecule has 176 valence electrons. The Hall–Kier alpha value is -3.24. The minimum absolute atomic E-state index is 0.0473. The zero-order chi connectivity index (χ0) is 23.8. The molecule has 0 saturated carbocycles. The van der Waals surface area contributed by atoms with Crippen molar-refractivity contribution in [3.63, 3.8) is 0 Å². The first-order valence-corrected chi connectivity index (χ1v) is 10.8. The van der Waals surface area contributed by atoms with Gasteiger partial charge in [0.2, 0.25) is 5.91 Å². The van der Waals surface area contributed by atoms with Crippen molar-refractivity contribution in [3.8, 4) is 0 Å². The van der Waals surface area contributed by atoms with Crippen LogP contribution in [-0.4, -0.2) is 38.6 Å². The molecule has 3 heterocycles. The highest BCUT2D eigenvalue weighted by Crippen LogP contribution is 2.30. The summed E-state index contributed by atoms with van der Waals surface area (Å²) in [5.74, 6) is -2.17. The van der Waals surface area contributed by atoms with Gasteiger partial charge in [0.15, 0.2) is 0 Å². The Balaban J connectivity index is 1.51. The van der Waals surface area contributed by atoms with Gasteiger partial charge in [0.25, 0.3) is 11.6 Å². The van der Waals surface area contributed by atoms with E-state index in [-0.39, 0.29) is 24.5 Å². The van der Waals surface area contributed by atoms with Gasteiger partial charge in [0.05, 0.1) is 11.4 Å². The van der Waals surface area contributed by atoms with Crippen molar-refractivity contribution >= 4 is 23.1 Å². The number of carbonyl (C=O) groups excluding carboxylic acids is 1. The number of aryl methyl sites for hydroxylation is 2. The molecule has 1 amide bonds. The Morgan fingerprint density at radius 3 is 2.55 bits per heavy atom. The van der Waals surface area contributed by atoms with Crippen LogP contribution in [0.1, 0.15) is 48.5 Å². The fraction of sp³-hybridized carbons (Fsp3) is 0.455. The molecule has 7 nitrogen and oxygen atoms in total. The number of hydrogen-bond donors (Lipinski definition) is 1. The van der Waals surface area contributed by atoms with E-state index >= 15 is 0 Å². The molecule has 0 spiro atoms. The molecule has 2 aromatic heterocycles. The monoisotopic (exact) mass is 464 g/mol. The number of rotatable bonds is 5. The predicted octanol–water partition coefficient (Wildman–Crippen LogP) is 4.46. The average Bonchev–Trinajstić information content (AvgIpc) is 3.19. The highest BCUT2D eigenvalue weighted by atomic mass is 19.4. The third-order valence-electron chi connectivity index (χ3n) is 5.83. The van der Waals surface area contributed by atoms with E-state index < -0.39 is 17.8 Å². The van der Waals surface area contributed by atoms with Crippen LogP contribution in [-0.2, 0) is 17.4 Å². The number of anilines is 2. The van der Waals surface area contributed by atoms with Crippen molar-refractivity contribution in [3.05, 3.63) is 46.8 Å². The lowest BCUT2D eigenvalue weighted by atomic mass is 10.1. The van der Waals surface area contributed by atoms with Gasteiger partial charge >= 0.3 is 6.18 Å². The molecular formula is C22H24F4N6O. The third kappa shape index (κ3) is 4.91. The number of aromatic nitrogens is 4. The summed E-state index contributed by atoms with van der Waals surface area (Å²) in [6.45, 7) is 4.96. The van der Waals surface area contributed by atoms with E-state index in [1.54, 1.807) is 19.9 Å². The number of benzene rings is 1. The van der Waals surface area contributed by atoms with Crippen LogP contribution in [0.2, 0.25) is 0 Å². The van der Waals surface area contributed by atoms with E-state index in [4.69, 9.17) is 0 Å². The van der Waals surface area contributed by atoms with Gasteiger partial charge in [-0.15, -0.1) is 5.10 Å². The summed E-state index contributed by atoms with van der Waals surface area (Å²) >= 11 is 0. The minimum Gasteiger partial charge on any atom is -0.370 e. The first-order valence-electron chi connectivity index (χ1n) is 10.8. The number of halogens is 4. The summed E-state index contributed by atoms with van der Waals surface area (Å²) in [5.41, 5.74) is 2.73. The van der Waals surface area contributed by atoms with Crippen LogP contribution in [0.5, 0.6) is 0 Å². The van der Waals surface area contributed by atoms with Gasteiger partial charge in [0.1, 0.15) is 5.82 Å². The lowest BCUT2D eigenvalue weighted by molar-refractivity contribution is -0.144. The van der Waals surface area contributed by atoms with Gasteiger partial charge < -0.3 is 10.2 Å². The largest absolute Gasteiger partial charge is 0.453 e. The van der Waals surface area contributed by atoms with E-state index in [1.165, 1.54) is 12.1 Å². The fourth-order valence-corrected chi connectivity index (χ4v) is 4.16. The Morgan fingerprint density at radius 1 is 1.12 bits per heavy atom. The van der Waals surface area contributed by atoms with Crippen LogP contribution in [0.15, 0.2) is 18.2 Å². The topological polar surface area (TPSA) is 75.4 Å². The number of alkyl halides is 3. The maximum absolute atomic E-state index is 13.9. The first-order chi connectivity index (χ1) is 15.6. The molecule has 11 heteroatoms. The van der Waals surface area contributed by atoms with Crippen LogP contribution in [0.3, 0.4) is 0 Å². The number of fused-ring (bicyclic) bond motifs is 1. The summed E-state index contributed by atoms with van der Waals surface area (Å²) in [7, 11) is 0. The Labute approximate surface area is 187 Å². The van der Waals surface area contributed by atoms with Gasteiger partial charge in [-0.25, -0.2) is 13.9 Å². The first kappa shape index (κ1) is 22.9. The third-order valence-corrected chi connectivity index (χ3v) is 5.83. The zero-order valence-corrected chi connectivity index (χ0v) is 18.3. The van der Waals surface area contributed by atoms with Gasteiger partial charge in [-0.2, -0.15) is 18.2 Å². The van der Waals surface area contributed by atoms with E-state index in [2.05, 4.69) is 25.3 Å².